The first-order chi connectivity index (χ1) is 17.5. The van der Waals surface area contributed by atoms with E-state index in [2.05, 4.69) is 0 Å². The van der Waals surface area contributed by atoms with Gasteiger partial charge in [-0.2, -0.15) is 43.9 Å². The van der Waals surface area contributed by atoms with Gasteiger partial charge in [0.1, 0.15) is 22.4 Å². The third-order valence-electron chi connectivity index (χ3n) is 4.89. The van der Waals surface area contributed by atoms with Crippen LogP contribution in [0, 0.1) is 10.8 Å². The van der Waals surface area contributed by atoms with Crippen LogP contribution in [0.2, 0.25) is 0 Å². The second kappa shape index (κ2) is 14.1. The molecule has 0 aromatic rings. The van der Waals surface area contributed by atoms with Crippen molar-refractivity contribution in [2.75, 3.05) is 0 Å². The minimum atomic E-state index is -6.13. The molecule has 0 spiro atoms. The molecule has 0 saturated carbocycles. The SMILES string of the molecule is CC(=O)C(C)(C(=O)[O-])C(F)(F)C(F)(F)F.CC(=O)C(C)(C(=O)[O-])C(F)(F)C(F)(F)F.CC(C)(C)[O][Ti+2][O]C(C)(C)C. The molecule has 0 aliphatic heterocycles. The van der Waals surface area contributed by atoms with Crippen molar-refractivity contribution in [1.82, 2.24) is 0 Å². The van der Waals surface area contributed by atoms with E-state index in [4.69, 9.17) is 6.64 Å². The maximum absolute atomic E-state index is 12.7. The van der Waals surface area contributed by atoms with Gasteiger partial charge in [-0.05, 0) is 27.7 Å². The zero-order valence-electron chi connectivity index (χ0n) is 23.5. The summed E-state index contributed by atoms with van der Waals surface area (Å²) < 4.78 is 133. The molecule has 0 bridgehead atoms. The second-order valence-electron chi connectivity index (χ2n) is 10.6. The van der Waals surface area contributed by atoms with E-state index >= 15 is 0 Å². The van der Waals surface area contributed by atoms with Gasteiger partial charge in [-0.15, -0.1) is 0 Å². The van der Waals surface area contributed by atoms with Crippen LogP contribution in [-0.4, -0.2) is 58.9 Å². The number of carbonyl (C=O) groups is 4. The summed E-state index contributed by atoms with van der Waals surface area (Å²) in [4.78, 5) is 41.7. The predicted octanol–water partition coefficient (Wildman–Crippen LogP) is 3.59. The summed E-state index contributed by atoms with van der Waals surface area (Å²) in [5.41, 5.74) is -7.92. The summed E-state index contributed by atoms with van der Waals surface area (Å²) in [6.07, 6.45) is -12.3. The number of hydrogen-bond acceptors (Lipinski definition) is 8. The number of hydrogen-bond donors (Lipinski definition) is 0. The van der Waals surface area contributed by atoms with Crippen LogP contribution in [0.15, 0.2) is 0 Å². The molecule has 0 saturated heterocycles. The number of alkyl halides is 10. The monoisotopic (exact) mass is 660 g/mol. The van der Waals surface area contributed by atoms with E-state index in [9.17, 15) is 73.3 Å². The van der Waals surface area contributed by atoms with Crippen LogP contribution in [0.4, 0.5) is 43.9 Å². The average Bonchev–Trinajstić information content (AvgIpc) is 2.68. The van der Waals surface area contributed by atoms with E-state index in [-0.39, 0.29) is 25.0 Å². The van der Waals surface area contributed by atoms with Crippen LogP contribution in [0.1, 0.15) is 69.2 Å². The van der Waals surface area contributed by atoms with Gasteiger partial charge >= 0.3 is 104 Å². The second-order valence-corrected chi connectivity index (χ2v) is 11.5. The Morgan fingerprint density at radius 3 is 0.780 bits per heavy atom. The standard InChI is InChI=1S/2C7H7F5O3.2C4H9O.Ti/c2*1-3(13)5(2,4(14)15)6(8,9)7(10,11)12;2*1-4(2,3)5;/h2*1-2H3,(H,14,15);2*1-3H3;/q;;2*-1;+4/p-2. The Hall–Kier alpha value is -1.79. The van der Waals surface area contributed by atoms with Crippen LogP contribution in [0.3, 0.4) is 0 Å². The Balaban J connectivity index is -0.000000536. The van der Waals surface area contributed by atoms with Gasteiger partial charge in [-0.1, -0.05) is 0 Å². The molecule has 19 heteroatoms. The fourth-order valence-corrected chi connectivity index (χ4v) is 2.67. The Bertz CT molecular complexity index is 831. The topological polar surface area (TPSA) is 133 Å². The number of carboxylic acids is 2. The first-order valence-electron chi connectivity index (χ1n) is 10.9. The maximum atomic E-state index is 12.7. The molecule has 41 heavy (non-hydrogen) atoms. The fourth-order valence-electron chi connectivity index (χ4n) is 1.82. The average molecular weight is 660 g/mol. The summed E-state index contributed by atoms with van der Waals surface area (Å²) in [5, 5.41) is 20.5. The molecule has 0 aromatic carbocycles. The van der Waals surface area contributed by atoms with Crippen molar-refractivity contribution in [3.05, 3.63) is 0 Å². The van der Waals surface area contributed by atoms with Crippen LogP contribution in [-0.2, 0) is 45.7 Å². The van der Waals surface area contributed by atoms with Gasteiger partial charge in [0.15, 0.2) is 0 Å². The van der Waals surface area contributed by atoms with Gasteiger partial charge in [0.2, 0.25) is 0 Å². The van der Waals surface area contributed by atoms with E-state index in [1.165, 1.54) is 0 Å². The Morgan fingerprint density at radius 1 is 0.512 bits per heavy atom. The molecule has 0 aliphatic rings. The summed E-state index contributed by atoms with van der Waals surface area (Å²) in [5.74, 6) is -20.5. The van der Waals surface area contributed by atoms with Gasteiger partial charge < -0.3 is 19.8 Å². The van der Waals surface area contributed by atoms with Gasteiger partial charge in [0, 0.05) is 0 Å². The molecular weight excluding hydrogens is 630 g/mol. The normalized spacial score (nSPS) is 15.9. The van der Waals surface area contributed by atoms with E-state index in [0.29, 0.717) is 13.8 Å². The molecule has 8 nitrogen and oxygen atoms in total. The molecule has 2 unspecified atom stereocenters. The predicted molar refractivity (Wildman–Crippen MR) is 111 cm³/mol. The number of carbonyl (C=O) groups excluding carboxylic acids is 4. The molecule has 0 fully saturated rings. The van der Waals surface area contributed by atoms with Gasteiger partial charge in [0.05, 0.1) is 11.9 Å². The number of halogens is 10. The minimum absolute atomic E-state index is 0.0157. The van der Waals surface area contributed by atoms with Crippen molar-refractivity contribution >= 4 is 23.5 Å². The van der Waals surface area contributed by atoms with Gasteiger partial charge in [0.25, 0.3) is 0 Å². The third-order valence-corrected chi connectivity index (χ3v) is 7.06. The summed E-state index contributed by atoms with van der Waals surface area (Å²) in [7, 11) is 0. The Labute approximate surface area is 239 Å². The zero-order chi connectivity index (χ0) is 34.4. The van der Waals surface area contributed by atoms with E-state index in [1.54, 1.807) is 0 Å². The van der Waals surface area contributed by atoms with Crippen molar-refractivity contribution in [2.24, 2.45) is 10.8 Å². The van der Waals surface area contributed by atoms with Crippen LogP contribution >= 0.6 is 0 Å². The van der Waals surface area contributed by atoms with Crippen molar-refractivity contribution in [3.63, 3.8) is 0 Å². The Morgan fingerprint density at radius 2 is 0.707 bits per heavy atom. The van der Waals surface area contributed by atoms with Crippen molar-refractivity contribution < 1.29 is 99.9 Å². The molecule has 0 radical (unpaired) electrons. The van der Waals surface area contributed by atoms with E-state index < -0.39 is 78.5 Å². The molecule has 240 valence electrons. The number of aliphatic carboxylic acids is 2. The summed E-state index contributed by atoms with van der Waals surface area (Å²) in [6.45, 7) is 12.9. The molecular formula is C22H30F10O8Ti. The number of ketones is 2. The first kappa shape index (κ1) is 43.7. The summed E-state index contributed by atoms with van der Waals surface area (Å²) in [6, 6.07) is 0. The number of rotatable bonds is 8. The van der Waals surface area contributed by atoms with E-state index in [0.717, 1.165) is 0 Å². The zero-order valence-corrected chi connectivity index (χ0v) is 25.1. The van der Waals surface area contributed by atoms with Gasteiger partial charge in [-0.25, -0.2) is 0 Å². The quantitative estimate of drug-likeness (QED) is 0.219. The molecule has 0 N–H and O–H groups in total. The molecule has 0 heterocycles. The number of carboxylic acid groups (broad SMARTS) is 2. The first-order valence-corrected chi connectivity index (χ1v) is 12.2. The van der Waals surface area contributed by atoms with Crippen molar-refractivity contribution in [2.45, 2.75) is 105 Å². The molecule has 0 aromatic heterocycles. The van der Waals surface area contributed by atoms with Crippen LogP contribution in [0.5, 0.6) is 0 Å². The van der Waals surface area contributed by atoms with Gasteiger partial charge in [-0.3, -0.25) is 9.59 Å². The van der Waals surface area contributed by atoms with Crippen molar-refractivity contribution in [1.29, 1.82) is 0 Å². The molecule has 0 aliphatic carbocycles. The van der Waals surface area contributed by atoms with Crippen LogP contribution < -0.4 is 10.2 Å². The molecule has 2 atom stereocenters. The van der Waals surface area contributed by atoms with Crippen molar-refractivity contribution in [3.8, 4) is 0 Å². The Kier molecular flexibility index (Phi) is 15.0. The fraction of sp³-hybridized carbons (Fsp3) is 0.818. The molecule has 0 rings (SSSR count). The third kappa shape index (κ3) is 11.4. The van der Waals surface area contributed by atoms with E-state index in [1.807, 2.05) is 41.5 Å². The molecule has 0 amide bonds. The van der Waals surface area contributed by atoms with Crippen LogP contribution in [0.25, 0.3) is 0 Å². The summed E-state index contributed by atoms with van der Waals surface area (Å²) >= 11 is -0.681. The number of Topliss-reactive ketones (excluding diaryl/α,β-unsaturated/α-hetero) is 2.